The smallest absolute Gasteiger partial charge is 0.0724 e. The molecule has 1 heterocycles. The van der Waals surface area contributed by atoms with Crippen molar-refractivity contribution in [1.82, 2.24) is 4.98 Å². The van der Waals surface area contributed by atoms with Gasteiger partial charge in [-0.3, -0.25) is 4.98 Å². The molecule has 1 aromatic heterocycles. The zero-order valence-corrected chi connectivity index (χ0v) is 11.4. The minimum absolute atomic E-state index is 0.492. The summed E-state index contributed by atoms with van der Waals surface area (Å²) in [4.78, 5) is 6.68. The summed E-state index contributed by atoms with van der Waals surface area (Å²) in [6.45, 7) is 7.56. The van der Waals surface area contributed by atoms with Crippen LogP contribution in [0.5, 0.6) is 0 Å². The molecule has 3 heteroatoms. The van der Waals surface area contributed by atoms with Crippen molar-refractivity contribution in [3.8, 4) is 0 Å². The van der Waals surface area contributed by atoms with E-state index < -0.39 is 0 Å². The van der Waals surface area contributed by atoms with E-state index in [4.69, 9.17) is 5.73 Å². The molecule has 0 radical (unpaired) electrons. The van der Waals surface area contributed by atoms with Crippen LogP contribution < -0.4 is 10.6 Å². The molecule has 18 heavy (non-hydrogen) atoms. The van der Waals surface area contributed by atoms with Gasteiger partial charge in [-0.15, -0.1) is 0 Å². The lowest BCUT2D eigenvalue weighted by molar-refractivity contribution is 0.631. The number of nitrogen functional groups attached to an aromatic ring is 1. The van der Waals surface area contributed by atoms with Crippen LogP contribution in [0.1, 0.15) is 27.2 Å². The Labute approximate surface area is 109 Å². The molecule has 2 N–H and O–H groups in total. The number of nitrogens with zero attached hydrogens (tertiary/aromatic N) is 2. The molecule has 0 bridgehead atoms. The number of nitrogens with two attached hydrogens (primary N) is 1. The van der Waals surface area contributed by atoms with Crippen LogP contribution in [0, 0.1) is 0 Å². The van der Waals surface area contributed by atoms with Crippen LogP contribution in [0.25, 0.3) is 10.9 Å². The summed E-state index contributed by atoms with van der Waals surface area (Å²) in [5.74, 6) is 0. The third-order valence-electron chi connectivity index (χ3n) is 3.58. The molecule has 0 aliphatic carbocycles. The van der Waals surface area contributed by atoms with Gasteiger partial charge in [0.1, 0.15) is 0 Å². The SMILES string of the molecule is CCC(C)N(CC)c1ccc2ncccc2c1N. The first-order chi connectivity index (χ1) is 8.69. The van der Waals surface area contributed by atoms with Gasteiger partial charge in [-0.05, 0) is 44.5 Å². The van der Waals surface area contributed by atoms with Crippen LogP contribution in [0.3, 0.4) is 0 Å². The van der Waals surface area contributed by atoms with E-state index in [2.05, 4.69) is 36.7 Å². The Hall–Kier alpha value is -1.77. The monoisotopic (exact) mass is 243 g/mol. The Morgan fingerprint density at radius 3 is 2.72 bits per heavy atom. The van der Waals surface area contributed by atoms with Gasteiger partial charge in [0.05, 0.1) is 16.9 Å². The molecule has 3 nitrogen and oxygen atoms in total. The largest absolute Gasteiger partial charge is 0.396 e. The highest BCUT2D eigenvalue weighted by Gasteiger charge is 2.15. The fourth-order valence-corrected chi connectivity index (χ4v) is 2.35. The lowest BCUT2D eigenvalue weighted by atomic mass is 10.1. The van der Waals surface area contributed by atoms with Gasteiger partial charge in [-0.25, -0.2) is 0 Å². The minimum atomic E-state index is 0.492. The first kappa shape index (κ1) is 12.7. The molecule has 1 aromatic carbocycles. The first-order valence-electron chi connectivity index (χ1n) is 6.58. The normalized spacial score (nSPS) is 12.6. The van der Waals surface area contributed by atoms with Crippen molar-refractivity contribution in [3.63, 3.8) is 0 Å². The molecule has 0 aliphatic heterocycles. The summed E-state index contributed by atoms with van der Waals surface area (Å²) in [5.41, 5.74) is 9.22. The molecule has 0 amide bonds. The second-order valence-corrected chi connectivity index (χ2v) is 4.61. The molecular formula is C15H21N3. The third-order valence-corrected chi connectivity index (χ3v) is 3.58. The number of benzene rings is 1. The van der Waals surface area contributed by atoms with Crippen molar-refractivity contribution in [2.75, 3.05) is 17.2 Å². The molecule has 0 spiro atoms. The van der Waals surface area contributed by atoms with Crippen molar-refractivity contribution < 1.29 is 0 Å². The van der Waals surface area contributed by atoms with Crippen LogP contribution in [-0.4, -0.2) is 17.6 Å². The number of pyridine rings is 1. The van der Waals surface area contributed by atoms with E-state index >= 15 is 0 Å². The minimum Gasteiger partial charge on any atom is -0.396 e. The van der Waals surface area contributed by atoms with Crippen molar-refractivity contribution in [1.29, 1.82) is 0 Å². The summed E-state index contributed by atoms with van der Waals surface area (Å²) in [7, 11) is 0. The summed E-state index contributed by atoms with van der Waals surface area (Å²) in [6, 6.07) is 8.59. The van der Waals surface area contributed by atoms with Crippen LogP contribution in [0.4, 0.5) is 11.4 Å². The van der Waals surface area contributed by atoms with Crippen LogP contribution in [0.2, 0.25) is 0 Å². The Kier molecular flexibility index (Phi) is 3.70. The van der Waals surface area contributed by atoms with E-state index in [9.17, 15) is 0 Å². The molecule has 0 saturated heterocycles. The van der Waals surface area contributed by atoms with Gasteiger partial charge in [-0.1, -0.05) is 6.92 Å². The van der Waals surface area contributed by atoms with Gasteiger partial charge in [0.15, 0.2) is 0 Å². The number of hydrogen-bond acceptors (Lipinski definition) is 3. The summed E-state index contributed by atoms with van der Waals surface area (Å²) < 4.78 is 0. The van der Waals surface area contributed by atoms with E-state index in [0.717, 1.165) is 35.2 Å². The quantitative estimate of drug-likeness (QED) is 0.836. The lowest BCUT2D eigenvalue weighted by Crippen LogP contribution is -2.32. The zero-order chi connectivity index (χ0) is 13.1. The summed E-state index contributed by atoms with van der Waals surface area (Å²) in [5, 5.41) is 1.04. The van der Waals surface area contributed by atoms with Crippen LogP contribution >= 0.6 is 0 Å². The highest BCUT2D eigenvalue weighted by molar-refractivity contribution is 5.97. The Bertz CT molecular complexity index is 536. The fourth-order valence-electron chi connectivity index (χ4n) is 2.35. The number of rotatable bonds is 4. The third kappa shape index (κ3) is 2.13. The van der Waals surface area contributed by atoms with Crippen LogP contribution in [-0.2, 0) is 0 Å². The molecule has 0 aliphatic rings. The van der Waals surface area contributed by atoms with Gasteiger partial charge >= 0.3 is 0 Å². The van der Waals surface area contributed by atoms with Crippen molar-refractivity contribution >= 4 is 22.3 Å². The standard InChI is InChI=1S/C15H21N3/c1-4-11(3)18(5-2)14-9-8-13-12(15(14)16)7-6-10-17-13/h6-11H,4-5,16H2,1-3H3. The number of aromatic nitrogens is 1. The zero-order valence-electron chi connectivity index (χ0n) is 11.4. The first-order valence-corrected chi connectivity index (χ1v) is 6.58. The second kappa shape index (κ2) is 5.25. The molecule has 2 aromatic rings. The van der Waals surface area contributed by atoms with E-state index in [1.54, 1.807) is 6.20 Å². The molecule has 0 saturated carbocycles. The van der Waals surface area contributed by atoms with Gasteiger partial charge in [0.2, 0.25) is 0 Å². The summed E-state index contributed by atoms with van der Waals surface area (Å²) in [6.07, 6.45) is 2.91. The summed E-state index contributed by atoms with van der Waals surface area (Å²) >= 11 is 0. The molecule has 0 fully saturated rings. The molecule has 2 rings (SSSR count). The number of hydrogen-bond donors (Lipinski definition) is 1. The van der Waals surface area contributed by atoms with Crippen molar-refractivity contribution in [2.45, 2.75) is 33.2 Å². The van der Waals surface area contributed by atoms with Crippen molar-refractivity contribution in [3.05, 3.63) is 30.5 Å². The van der Waals surface area contributed by atoms with Gasteiger partial charge in [-0.2, -0.15) is 0 Å². The predicted molar refractivity (Wildman–Crippen MR) is 78.9 cm³/mol. The van der Waals surface area contributed by atoms with Gasteiger partial charge < -0.3 is 10.6 Å². The molecule has 96 valence electrons. The van der Waals surface area contributed by atoms with E-state index in [1.807, 2.05) is 18.2 Å². The maximum atomic E-state index is 6.31. The fraction of sp³-hybridized carbons (Fsp3) is 0.400. The molecule has 1 atom stereocenters. The maximum Gasteiger partial charge on any atom is 0.0724 e. The average Bonchev–Trinajstić information content (AvgIpc) is 2.42. The highest BCUT2D eigenvalue weighted by atomic mass is 15.2. The van der Waals surface area contributed by atoms with E-state index in [1.165, 1.54) is 0 Å². The number of anilines is 2. The van der Waals surface area contributed by atoms with Gasteiger partial charge in [0, 0.05) is 24.2 Å². The second-order valence-electron chi connectivity index (χ2n) is 4.61. The predicted octanol–water partition coefficient (Wildman–Crippen LogP) is 3.44. The topological polar surface area (TPSA) is 42.2 Å². The lowest BCUT2D eigenvalue weighted by Gasteiger charge is -2.31. The molecular weight excluding hydrogens is 222 g/mol. The maximum absolute atomic E-state index is 6.31. The Morgan fingerprint density at radius 2 is 2.06 bits per heavy atom. The average molecular weight is 243 g/mol. The highest BCUT2D eigenvalue weighted by Crippen LogP contribution is 2.31. The molecule has 1 unspecified atom stereocenters. The Balaban J connectivity index is 2.54. The Morgan fingerprint density at radius 1 is 1.28 bits per heavy atom. The van der Waals surface area contributed by atoms with Crippen LogP contribution in [0.15, 0.2) is 30.5 Å². The van der Waals surface area contributed by atoms with E-state index in [0.29, 0.717) is 6.04 Å². The van der Waals surface area contributed by atoms with Gasteiger partial charge in [0.25, 0.3) is 0 Å². The number of fused-ring (bicyclic) bond motifs is 1. The van der Waals surface area contributed by atoms with E-state index in [-0.39, 0.29) is 0 Å². The van der Waals surface area contributed by atoms with Crippen molar-refractivity contribution in [2.24, 2.45) is 0 Å².